The molecule has 0 saturated carbocycles. The number of likely N-dealkylation sites (tertiary alicyclic amines) is 1. The Morgan fingerprint density at radius 3 is 2.62 bits per heavy atom. The van der Waals surface area contributed by atoms with E-state index in [0.29, 0.717) is 12.2 Å². The van der Waals surface area contributed by atoms with Gasteiger partial charge >= 0.3 is 5.97 Å². The van der Waals surface area contributed by atoms with Crippen LogP contribution in [0.3, 0.4) is 0 Å². The second-order valence-corrected chi connectivity index (χ2v) is 5.12. The lowest BCUT2D eigenvalue weighted by atomic mass is 10.0. The van der Waals surface area contributed by atoms with E-state index in [1.54, 1.807) is 0 Å². The van der Waals surface area contributed by atoms with E-state index in [0.717, 1.165) is 32.4 Å². The maximum absolute atomic E-state index is 11.0. The highest BCUT2D eigenvalue weighted by Gasteiger charge is 2.37. The number of carboxylic acid groups (broad SMARTS) is 1. The molecule has 2 aliphatic rings. The summed E-state index contributed by atoms with van der Waals surface area (Å²) >= 11 is 0. The molecule has 4 atom stereocenters. The molecule has 0 spiro atoms. The van der Waals surface area contributed by atoms with Gasteiger partial charge in [-0.25, -0.2) is 0 Å². The van der Waals surface area contributed by atoms with Gasteiger partial charge in [0.1, 0.15) is 0 Å². The molecule has 0 bridgehead atoms. The molecule has 16 heavy (non-hydrogen) atoms. The number of nitrogens with zero attached hydrogens (tertiary/aromatic N) is 1. The fraction of sp³-hybridized carbons (Fsp3) is 0.917. The fourth-order valence-corrected chi connectivity index (χ4v) is 2.87. The minimum absolute atomic E-state index is 0.150. The summed E-state index contributed by atoms with van der Waals surface area (Å²) in [6, 6.07) is 0.150. The molecule has 4 heteroatoms. The summed E-state index contributed by atoms with van der Waals surface area (Å²) in [4.78, 5) is 13.3. The zero-order chi connectivity index (χ0) is 11.7. The van der Waals surface area contributed by atoms with Gasteiger partial charge in [-0.2, -0.15) is 0 Å². The number of carbonyl (C=O) groups is 1. The van der Waals surface area contributed by atoms with Gasteiger partial charge in [0.25, 0.3) is 0 Å². The first kappa shape index (κ1) is 11.9. The van der Waals surface area contributed by atoms with Gasteiger partial charge in [-0.1, -0.05) is 0 Å². The molecule has 1 N–H and O–H groups in total. The van der Waals surface area contributed by atoms with Crippen molar-refractivity contribution in [2.75, 3.05) is 13.1 Å². The van der Waals surface area contributed by atoms with Crippen molar-refractivity contribution in [1.29, 1.82) is 0 Å². The van der Waals surface area contributed by atoms with E-state index in [-0.39, 0.29) is 12.0 Å². The van der Waals surface area contributed by atoms with Crippen LogP contribution in [0.15, 0.2) is 0 Å². The van der Waals surface area contributed by atoms with E-state index in [2.05, 4.69) is 11.8 Å². The minimum atomic E-state index is -0.657. The van der Waals surface area contributed by atoms with Crippen LogP contribution < -0.4 is 0 Å². The smallest absolute Gasteiger partial charge is 0.308 e. The summed E-state index contributed by atoms with van der Waals surface area (Å²) in [6.45, 7) is 5.92. The summed E-state index contributed by atoms with van der Waals surface area (Å²) in [5, 5.41) is 9.05. The number of hydrogen-bond donors (Lipinski definition) is 1. The van der Waals surface area contributed by atoms with Crippen molar-refractivity contribution in [3.8, 4) is 0 Å². The van der Waals surface area contributed by atoms with Crippen molar-refractivity contribution in [2.24, 2.45) is 5.92 Å². The molecular weight excluding hydrogens is 206 g/mol. The van der Waals surface area contributed by atoms with E-state index in [9.17, 15) is 4.79 Å². The fourth-order valence-electron chi connectivity index (χ4n) is 2.87. The van der Waals surface area contributed by atoms with Gasteiger partial charge < -0.3 is 9.84 Å². The van der Waals surface area contributed by atoms with Crippen LogP contribution in [0.4, 0.5) is 0 Å². The Labute approximate surface area is 96.6 Å². The maximum Gasteiger partial charge on any atom is 0.308 e. The van der Waals surface area contributed by atoms with Crippen LogP contribution >= 0.6 is 0 Å². The third-order valence-electron chi connectivity index (χ3n) is 3.96. The lowest BCUT2D eigenvalue weighted by Crippen LogP contribution is -2.38. The largest absolute Gasteiger partial charge is 0.481 e. The second kappa shape index (κ2) is 4.72. The second-order valence-electron chi connectivity index (χ2n) is 5.12. The molecule has 4 nitrogen and oxygen atoms in total. The number of carboxylic acids is 1. The zero-order valence-corrected chi connectivity index (χ0v) is 10.1. The average Bonchev–Trinajstić information content (AvgIpc) is 2.76. The summed E-state index contributed by atoms with van der Waals surface area (Å²) < 4.78 is 5.78. The molecule has 0 aromatic heterocycles. The number of rotatable bonds is 3. The van der Waals surface area contributed by atoms with E-state index in [1.165, 1.54) is 0 Å². The van der Waals surface area contributed by atoms with E-state index in [4.69, 9.17) is 9.84 Å². The highest BCUT2D eigenvalue weighted by Crippen LogP contribution is 2.27. The predicted molar refractivity (Wildman–Crippen MR) is 60.3 cm³/mol. The molecule has 0 aromatic carbocycles. The molecule has 0 aliphatic carbocycles. The third kappa shape index (κ3) is 2.38. The van der Waals surface area contributed by atoms with Gasteiger partial charge in [-0.15, -0.1) is 0 Å². The van der Waals surface area contributed by atoms with E-state index < -0.39 is 5.97 Å². The van der Waals surface area contributed by atoms with Gasteiger partial charge in [-0.3, -0.25) is 9.69 Å². The molecular formula is C12H21NO3. The molecule has 2 rings (SSSR count). The highest BCUT2D eigenvalue weighted by molar-refractivity contribution is 5.71. The summed E-state index contributed by atoms with van der Waals surface area (Å²) in [5.41, 5.74) is 0. The van der Waals surface area contributed by atoms with Crippen LogP contribution in [0.2, 0.25) is 0 Å². The Bertz CT molecular complexity index is 269. The Balaban J connectivity index is 1.85. The number of aliphatic carboxylic acids is 1. The molecule has 2 heterocycles. The third-order valence-corrected chi connectivity index (χ3v) is 3.96. The molecule has 2 saturated heterocycles. The van der Waals surface area contributed by atoms with Gasteiger partial charge in [0.2, 0.25) is 0 Å². The first-order valence-corrected chi connectivity index (χ1v) is 6.20. The Kier molecular flexibility index (Phi) is 3.50. The van der Waals surface area contributed by atoms with Gasteiger partial charge in [0.15, 0.2) is 0 Å². The van der Waals surface area contributed by atoms with Crippen molar-refractivity contribution < 1.29 is 14.6 Å². The highest BCUT2D eigenvalue weighted by atomic mass is 16.5. The number of hydrogen-bond acceptors (Lipinski definition) is 3. The monoisotopic (exact) mass is 227 g/mol. The maximum atomic E-state index is 11.0. The van der Waals surface area contributed by atoms with Crippen molar-refractivity contribution in [3.63, 3.8) is 0 Å². The Morgan fingerprint density at radius 2 is 2.12 bits per heavy atom. The van der Waals surface area contributed by atoms with Crippen LogP contribution in [0.1, 0.15) is 33.1 Å². The van der Waals surface area contributed by atoms with Crippen molar-refractivity contribution >= 4 is 5.97 Å². The standard InChI is InChI=1S/C12H21NO3/c1-8-3-4-10(16-8)7-13-6-5-11(9(13)2)12(14)15/h8-11H,3-7H2,1-2H3,(H,14,15). The van der Waals surface area contributed by atoms with Gasteiger partial charge in [0, 0.05) is 12.6 Å². The minimum Gasteiger partial charge on any atom is -0.481 e. The van der Waals surface area contributed by atoms with E-state index >= 15 is 0 Å². The summed E-state index contributed by atoms with van der Waals surface area (Å²) in [7, 11) is 0. The van der Waals surface area contributed by atoms with Gasteiger partial charge in [-0.05, 0) is 39.7 Å². The molecule has 2 fully saturated rings. The number of ether oxygens (including phenoxy) is 1. The molecule has 4 unspecified atom stereocenters. The van der Waals surface area contributed by atoms with Crippen molar-refractivity contribution in [1.82, 2.24) is 4.90 Å². The Hall–Kier alpha value is -0.610. The molecule has 0 aromatic rings. The lowest BCUT2D eigenvalue weighted by Gasteiger charge is -2.25. The summed E-state index contributed by atoms with van der Waals surface area (Å²) in [6.07, 6.45) is 3.71. The van der Waals surface area contributed by atoms with Crippen molar-refractivity contribution in [3.05, 3.63) is 0 Å². The van der Waals surface area contributed by atoms with Crippen LogP contribution in [0.5, 0.6) is 0 Å². The molecule has 0 amide bonds. The first-order chi connectivity index (χ1) is 7.58. The topological polar surface area (TPSA) is 49.8 Å². The van der Waals surface area contributed by atoms with E-state index in [1.807, 2.05) is 6.92 Å². The predicted octanol–water partition coefficient (Wildman–Crippen LogP) is 1.35. The van der Waals surface area contributed by atoms with Crippen molar-refractivity contribution in [2.45, 2.75) is 51.4 Å². The quantitative estimate of drug-likeness (QED) is 0.790. The molecule has 92 valence electrons. The van der Waals surface area contributed by atoms with Crippen LogP contribution in [-0.4, -0.2) is 47.3 Å². The molecule has 2 aliphatic heterocycles. The first-order valence-electron chi connectivity index (χ1n) is 6.20. The Morgan fingerprint density at radius 1 is 1.38 bits per heavy atom. The average molecular weight is 227 g/mol. The zero-order valence-electron chi connectivity index (χ0n) is 10.1. The summed E-state index contributed by atoms with van der Waals surface area (Å²) in [5.74, 6) is -0.852. The van der Waals surface area contributed by atoms with Crippen LogP contribution in [-0.2, 0) is 9.53 Å². The SMILES string of the molecule is CC1CCC(CN2CCC(C(=O)O)C2C)O1. The molecule has 0 radical (unpaired) electrons. The van der Waals surface area contributed by atoms with Crippen LogP contribution in [0, 0.1) is 5.92 Å². The van der Waals surface area contributed by atoms with Gasteiger partial charge in [0.05, 0.1) is 18.1 Å². The van der Waals surface area contributed by atoms with Crippen LogP contribution in [0.25, 0.3) is 0 Å². The lowest BCUT2D eigenvalue weighted by molar-refractivity contribution is -0.142. The normalized spacial score (nSPS) is 40.4.